The topological polar surface area (TPSA) is 518 Å². The summed E-state index contributed by atoms with van der Waals surface area (Å²) in [5, 5.41) is 99.9. The Bertz CT molecular complexity index is 3660. The molecule has 16 N–H and O–H groups in total. The molecule has 0 aromatic heterocycles. The molecule has 33 nitrogen and oxygen atoms in total. The highest BCUT2D eigenvalue weighted by Gasteiger charge is 2.29. The maximum absolute atomic E-state index is 12.9. The molecule has 0 aliphatic heterocycles. The van der Waals surface area contributed by atoms with E-state index in [1.165, 1.54) is 24.3 Å². The van der Waals surface area contributed by atoms with Crippen LogP contribution in [0.15, 0.2) is 146 Å². The average molecular weight is 1470 g/mol. The van der Waals surface area contributed by atoms with Crippen LogP contribution in [0.4, 0.5) is 0 Å². The SMILES string of the molecule is CCC(COO)NC(=O)c1ccc(P(c2ccc(C(=O)NC(CC)COO)cc2)c2ccc(C(=O)NC(CS(=O)(=O)O)C(=O)O)cc2)cc1.O=C(O)CC(NC(=O)c1ccc(P(c2ccc(C(=O)NC(CCOO)COO)cc2)c2ccc(C(=O)NC(CCOO)COO)cc2)cc1)C(=O)O. The van der Waals surface area contributed by atoms with Crippen LogP contribution in [0.1, 0.15) is 108 Å². The Hall–Kier alpha value is -9.16. The Kier molecular flexibility index (Phi) is 34.5. The van der Waals surface area contributed by atoms with Crippen molar-refractivity contribution in [1.82, 2.24) is 31.9 Å². The number of carbonyl (C=O) groups is 9. The van der Waals surface area contributed by atoms with Gasteiger partial charge < -0.3 is 47.2 Å². The number of aliphatic carboxylic acids is 3. The number of benzene rings is 6. The van der Waals surface area contributed by atoms with Crippen molar-refractivity contribution in [3.8, 4) is 0 Å². The van der Waals surface area contributed by atoms with E-state index >= 15 is 0 Å². The molecule has 6 aromatic carbocycles. The van der Waals surface area contributed by atoms with E-state index in [9.17, 15) is 61.8 Å². The third-order valence-electron chi connectivity index (χ3n) is 14.8. The van der Waals surface area contributed by atoms with Gasteiger partial charge in [0.15, 0.2) is 0 Å². The van der Waals surface area contributed by atoms with E-state index in [1.807, 2.05) is 13.8 Å². The molecule has 0 radical (unpaired) electrons. The summed E-state index contributed by atoms with van der Waals surface area (Å²) in [4.78, 5) is 136. The van der Waals surface area contributed by atoms with Crippen molar-refractivity contribution >= 4 is 111 Å². The number of rotatable bonds is 40. The molecule has 101 heavy (non-hydrogen) atoms. The molecule has 0 saturated heterocycles. The summed E-state index contributed by atoms with van der Waals surface area (Å²) in [5.74, 6) is -9.11. The molecule has 544 valence electrons. The fourth-order valence-corrected chi connectivity index (χ4v) is 14.6. The molecule has 6 amide bonds. The first kappa shape index (κ1) is 82.5. The molecule has 0 spiro atoms. The second kappa shape index (κ2) is 42.2. The number of nitrogens with one attached hydrogen (secondary N) is 6. The monoisotopic (exact) mass is 1470 g/mol. The quantitative estimate of drug-likeness (QED) is 0.0114. The fourth-order valence-electron chi connectivity index (χ4n) is 9.45. The Labute approximate surface area is 579 Å². The van der Waals surface area contributed by atoms with E-state index in [2.05, 4.69) is 61.2 Å². The molecule has 0 heterocycles. The van der Waals surface area contributed by atoms with Crippen LogP contribution in [0.25, 0.3) is 0 Å². The minimum absolute atomic E-state index is 0.0361. The first-order valence-electron chi connectivity index (χ1n) is 30.6. The molecule has 0 saturated carbocycles. The number of hydrogen-bond acceptors (Lipinski definition) is 23. The number of carbonyl (C=O) groups excluding carboxylic acids is 6. The van der Waals surface area contributed by atoms with Crippen LogP contribution in [0.3, 0.4) is 0 Å². The Morgan fingerprint density at radius 3 is 0.792 bits per heavy atom. The predicted molar refractivity (Wildman–Crippen MR) is 363 cm³/mol. The molecule has 0 aliphatic rings. The van der Waals surface area contributed by atoms with Gasteiger partial charge in [0.2, 0.25) is 0 Å². The molecule has 36 heteroatoms. The molecule has 0 aliphatic carbocycles. The van der Waals surface area contributed by atoms with Gasteiger partial charge in [0.05, 0.1) is 43.8 Å². The van der Waals surface area contributed by atoms with Crippen LogP contribution in [0, 0.1) is 0 Å². The molecule has 0 fully saturated rings. The average Bonchev–Trinajstić information content (AvgIpc) is 0.804. The van der Waals surface area contributed by atoms with E-state index in [1.54, 1.807) is 121 Å². The van der Waals surface area contributed by atoms with Gasteiger partial charge in [0, 0.05) is 33.4 Å². The standard InChI is InChI=1S/C33H38N3O15P.C32H38N3O12PS/c37-29(38)17-28(33(42)43)36-32(41)22-5-11-27(12-6-22)52(25-7-1-20(2-8-25)30(39)34-23(18-50-46)13-15-48-44)26-9-3-21(4-10-26)31(40)35-24(19-51-47)14-16-49-45;1-3-23(17-46-41)33-29(36)20-5-11-25(12-6-20)48(26-13-7-21(8-14-26)30(37)34-24(4-2)18-47-42)27-15-9-22(10-16-27)31(38)35-28(32(39)40)19-49(43,44)45/h1-12,23-24,28,44-47H,13-19H2,(H,34,39)(H,35,40)(H,36,41)(H,37,38)(H,42,43);5-16,23-24,28,41-42H,3-4,17-19H2,1-2H3,(H,33,36)(H,34,37)(H,35,38)(H,39,40)(H,43,44,45). The van der Waals surface area contributed by atoms with Gasteiger partial charge in [-0.05, 0) is 146 Å². The summed E-state index contributed by atoms with van der Waals surface area (Å²) in [6.07, 6.45) is 0.550. The predicted octanol–water partition coefficient (Wildman–Crippen LogP) is 2.55. The Morgan fingerprint density at radius 2 is 0.584 bits per heavy atom. The van der Waals surface area contributed by atoms with Gasteiger partial charge in [0.25, 0.3) is 45.6 Å². The lowest BCUT2D eigenvalue weighted by molar-refractivity contribution is -0.257. The van der Waals surface area contributed by atoms with Gasteiger partial charge in [0.1, 0.15) is 44.3 Å². The second-order valence-electron chi connectivity index (χ2n) is 22.0. The van der Waals surface area contributed by atoms with Crippen LogP contribution in [-0.4, -0.2) is 195 Å². The van der Waals surface area contributed by atoms with E-state index in [0.717, 1.165) is 31.8 Å². The Morgan fingerprint density at radius 1 is 0.356 bits per heavy atom. The first-order chi connectivity index (χ1) is 48.3. The Balaban J connectivity index is 0.000000364. The van der Waals surface area contributed by atoms with Crippen LogP contribution in [0.5, 0.6) is 0 Å². The van der Waals surface area contributed by atoms with Gasteiger partial charge in [-0.25, -0.2) is 38.9 Å². The number of carboxylic acids is 3. The van der Waals surface area contributed by atoms with Crippen LogP contribution < -0.4 is 63.7 Å². The zero-order valence-electron chi connectivity index (χ0n) is 54.0. The normalized spacial score (nSPS) is 13.6. The molecule has 6 unspecified atom stereocenters. The largest absolute Gasteiger partial charge is 0.481 e. The number of carboxylic acid groups (broad SMARTS) is 3. The van der Waals surface area contributed by atoms with Gasteiger partial charge >= 0.3 is 17.9 Å². The highest BCUT2D eigenvalue weighted by atomic mass is 32.2. The van der Waals surface area contributed by atoms with Crippen molar-refractivity contribution in [1.29, 1.82) is 0 Å². The molecule has 6 atom stereocenters. The third kappa shape index (κ3) is 26.7. The molecule has 6 aromatic rings. The zero-order valence-corrected chi connectivity index (χ0v) is 56.6. The zero-order chi connectivity index (χ0) is 74.2. The van der Waals surface area contributed by atoms with E-state index in [0.29, 0.717) is 24.0 Å². The van der Waals surface area contributed by atoms with Crippen molar-refractivity contribution in [2.45, 2.75) is 82.2 Å². The highest BCUT2D eigenvalue weighted by molar-refractivity contribution is 7.85. The van der Waals surface area contributed by atoms with E-state index in [4.69, 9.17) is 41.2 Å². The molecular weight excluding hydrogens is 1390 g/mol. The summed E-state index contributed by atoms with van der Waals surface area (Å²) in [6, 6.07) is 33.7. The van der Waals surface area contributed by atoms with Crippen molar-refractivity contribution < 1.29 is 132 Å². The van der Waals surface area contributed by atoms with Gasteiger partial charge in [-0.15, -0.1) is 0 Å². The summed E-state index contributed by atoms with van der Waals surface area (Å²) in [6.45, 7) is 2.81. The van der Waals surface area contributed by atoms with Gasteiger partial charge in [-0.1, -0.05) is 86.6 Å². The second-order valence-corrected chi connectivity index (χ2v) is 27.9. The van der Waals surface area contributed by atoms with E-state index < -0.39 is 116 Å². The maximum Gasteiger partial charge on any atom is 0.327 e. The van der Waals surface area contributed by atoms with Gasteiger partial charge in [-0.3, -0.25) is 69.7 Å². The summed E-state index contributed by atoms with van der Waals surface area (Å²) < 4.78 is 31.5. The lowest BCUT2D eigenvalue weighted by Crippen LogP contribution is -2.45. The van der Waals surface area contributed by atoms with E-state index in [-0.39, 0.29) is 86.6 Å². The summed E-state index contributed by atoms with van der Waals surface area (Å²) in [7, 11) is -7.43. The molecule has 6 rings (SSSR count). The minimum atomic E-state index is -4.69. The van der Waals surface area contributed by atoms with Crippen molar-refractivity contribution in [3.63, 3.8) is 0 Å². The lowest BCUT2D eigenvalue weighted by Gasteiger charge is -2.21. The van der Waals surface area contributed by atoms with Crippen LogP contribution in [0.2, 0.25) is 0 Å². The number of amides is 6. The maximum atomic E-state index is 12.9. The minimum Gasteiger partial charge on any atom is -0.481 e. The lowest BCUT2D eigenvalue weighted by atomic mass is 10.1. The first-order valence-corrected chi connectivity index (χ1v) is 34.9. The fraction of sp³-hybridized carbons (Fsp3) is 0.308. The third-order valence-corrected chi connectivity index (χ3v) is 20.5. The summed E-state index contributed by atoms with van der Waals surface area (Å²) >= 11 is 0. The van der Waals surface area contributed by atoms with Crippen LogP contribution >= 0.6 is 15.8 Å². The highest BCUT2D eigenvalue weighted by Crippen LogP contribution is 2.35. The van der Waals surface area contributed by atoms with Crippen molar-refractivity contribution in [2.75, 3.05) is 45.4 Å². The summed E-state index contributed by atoms with van der Waals surface area (Å²) in [5.41, 5.74) is 1.39. The molecular formula is C65H76N6O27P2S. The number of hydrogen-bond donors (Lipinski definition) is 16. The molecule has 0 bridgehead atoms. The van der Waals surface area contributed by atoms with Crippen molar-refractivity contribution in [2.24, 2.45) is 0 Å². The van der Waals surface area contributed by atoms with Crippen molar-refractivity contribution in [3.05, 3.63) is 179 Å². The van der Waals surface area contributed by atoms with Gasteiger partial charge in [-0.2, -0.15) is 8.42 Å². The van der Waals surface area contributed by atoms with Crippen LogP contribution in [-0.2, 0) is 53.8 Å². The smallest absolute Gasteiger partial charge is 0.327 e.